The molecule has 0 fully saturated rings. The fraction of sp³-hybridized carbons (Fsp3) is 0.0625. The van der Waals surface area contributed by atoms with Gasteiger partial charge in [-0.2, -0.15) is 0 Å². The lowest BCUT2D eigenvalue weighted by molar-refractivity contribution is 1.18. The number of nitrogens with zero attached hydrogens (tertiary/aromatic N) is 1. The topological polar surface area (TPSA) is 27.1 Å². The van der Waals surface area contributed by atoms with Crippen molar-refractivity contribution in [2.45, 2.75) is 4.90 Å². The number of hydrogen-bond acceptors (Lipinski definition) is 3. The first-order valence-electron chi connectivity index (χ1n) is 6.12. The Hall–Kier alpha value is -2.00. The van der Waals surface area contributed by atoms with Crippen molar-refractivity contribution in [3.8, 4) is 0 Å². The fourth-order valence-corrected chi connectivity index (χ4v) is 3.16. The summed E-state index contributed by atoms with van der Waals surface area (Å²) in [6.07, 6.45) is 1.93. The van der Waals surface area contributed by atoms with E-state index in [4.69, 9.17) is 5.41 Å². The number of rotatable bonds is 2. The standard InChI is InChI=1S/C16H14N2S/c1-18-14-9-5-6-10-15(14)19-16(18)11-13(17)12-7-3-2-4-8-12/h2-11,17H,1H3/b16-11+,17-13?. The zero-order chi connectivity index (χ0) is 13.2. The molecule has 1 N–H and O–H groups in total. The van der Waals surface area contributed by atoms with Crippen LogP contribution in [0.15, 0.2) is 70.6 Å². The summed E-state index contributed by atoms with van der Waals surface area (Å²) in [4.78, 5) is 3.38. The molecule has 2 nitrogen and oxygen atoms in total. The lowest BCUT2D eigenvalue weighted by atomic mass is 10.1. The van der Waals surface area contributed by atoms with Gasteiger partial charge < -0.3 is 10.3 Å². The van der Waals surface area contributed by atoms with Crippen molar-refractivity contribution < 1.29 is 0 Å². The number of hydrogen-bond donors (Lipinski definition) is 1. The zero-order valence-electron chi connectivity index (χ0n) is 10.6. The minimum atomic E-state index is 0.544. The van der Waals surface area contributed by atoms with Crippen LogP contribution in [0.5, 0.6) is 0 Å². The highest BCUT2D eigenvalue weighted by Gasteiger charge is 2.21. The molecule has 0 saturated carbocycles. The van der Waals surface area contributed by atoms with Crippen molar-refractivity contribution in [1.82, 2.24) is 0 Å². The van der Waals surface area contributed by atoms with Crippen LogP contribution < -0.4 is 4.90 Å². The predicted molar refractivity (Wildman–Crippen MR) is 82.1 cm³/mol. The molecule has 1 aliphatic heterocycles. The van der Waals surface area contributed by atoms with Crippen molar-refractivity contribution in [3.63, 3.8) is 0 Å². The van der Waals surface area contributed by atoms with E-state index < -0.39 is 0 Å². The second-order valence-electron chi connectivity index (χ2n) is 4.39. The van der Waals surface area contributed by atoms with Crippen molar-refractivity contribution in [2.24, 2.45) is 0 Å². The molecule has 0 aromatic heterocycles. The monoisotopic (exact) mass is 266 g/mol. The van der Waals surface area contributed by atoms with Crippen LogP contribution in [0.4, 0.5) is 5.69 Å². The van der Waals surface area contributed by atoms with Crippen LogP contribution >= 0.6 is 11.8 Å². The van der Waals surface area contributed by atoms with Crippen molar-refractivity contribution in [2.75, 3.05) is 11.9 Å². The quantitative estimate of drug-likeness (QED) is 0.827. The first-order chi connectivity index (χ1) is 9.25. The van der Waals surface area contributed by atoms with Crippen molar-refractivity contribution in [3.05, 3.63) is 71.3 Å². The third-order valence-electron chi connectivity index (χ3n) is 3.12. The summed E-state index contributed by atoms with van der Waals surface area (Å²) in [5.74, 6) is 0. The second-order valence-corrected chi connectivity index (χ2v) is 5.45. The summed E-state index contributed by atoms with van der Waals surface area (Å²) in [6.45, 7) is 0. The Morgan fingerprint density at radius 1 is 1.05 bits per heavy atom. The van der Waals surface area contributed by atoms with E-state index in [0.29, 0.717) is 5.71 Å². The number of fused-ring (bicyclic) bond motifs is 1. The highest BCUT2D eigenvalue weighted by Crippen LogP contribution is 2.44. The molecule has 0 unspecified atom stereocenters. The highest BCUT2D eigenvalue weighted by molar-refractivity contribution is 8.03. The number of anilines is 1. The summed E-state index contributed by atoms with van der Waals surface area (Å²) in [5, 5.41) is 9.27. The maximum Gasteiger partial charge on any atom is 0.0820 e. The summed E-state index contributed by atoms with van der Waals surface area (Å²) in [6, 6.07) is 18.1. The van der Waals surface area contributed by atoms with Crippen molar-refractivity contribution >= 4 is 23.2 Å². The first kappa shape index (κ1) is 12.1. The average Bonchev–Trinajstić information content (AvgIpc) is 2.77. The Morgan fingerprint density at radius 3 is 2.47 bits per heavy atom. The maximum atomic E-state index is 8.18. The molecule has 19 heavy (non-hydrogen) atoms. The third kappa shape index (κ3) is 2.29. The van der Waals surface area contributed by atoms with E-state index >= 15 is 0 Å². The molecule has 3 rings (SSSR count). The van der Waals surface area contributed by atoms with Gasteiger partial charge in [-0.15, -0.1) is 0 Å². The van der Waals surface area contributed by atoms with Crippen LogP contribution in [0.1, 0.15) is 5.56 Å². The van der Waals surface area contributed by atoms with E-state index in [1.807, 2.05) is 55.6 Å². The Balaban J connectivity index is 1.89. The first-order valence-corrected chi connectivity index (χ1v) is 6.93. The Kier molecular flexibility index (Phi) is 3.13. The van der Waals surface area contributed by atoms with Gasteiger partial charge in [0.25, 0.3) is 0 Å². The number of para-hydroxylation sites is 1. The van der Waals surface area contributed by atoms with Gasteiger partial charge in [0.2, 0.25) is 0 Å². The molecule has 0 bridgehead atoms. The molecule has 2 aromatic rings. The largest absolute Gasteiger partial charge is 0.338 e. The molecule has 0 aliphatic carbocycles. The molecule has 3 heteroatoms. The van der Waals surface area contributed by atoms with Gasteiger partial charge in [0.15, 0.2) is 0 Å². The molecule has 0 atom stereocenters. The molecule has 0 radical (unpaired) electrons. The van der Waals surface area contributed by atoms with Crippen LogP contribution in [-0.4, -0.2) is 12.8 Å². The SMILES string of the molecule is CN1/C(=C\C(=N)c2ccccc2)Sc2ccccc21. The van der Waals surface area contributed by atoms with Gasteiger partial charge >= 0.3 is 0 Å². The molecule has 0 saturated heterocycles. The lowest BCUT2D eigenvalue weighted by Gasteiger charge is -2.13. The minimum absolute atomic E-state index is 0.544. The fourth-order valence-electron chi connectivity index (χ4n) is 2.07. The number of nitrogens with one attached hydrogen (secondary N) is 1. The molecule has 1 heterocycles. The van der Waals surface area contributed by atoms with Crippen LogP contribution in [0, 0.1) is 5.41 Å². The van der Waals surface area contributed by atoms with Crippen molar-refractivity contribution in [1.29, 1.82) is 5.41 Å². The Labute approximate surface area is 117 Å². The third-order valence-corrected chi connectivity index (χ3v) is 4.29. The summed E-state index contributed by atoms with van der Waals surface area (Å²) in [5.41, 5.74) is 2.70. The second kappa shape index (κ2) is 4.94. The minimum Gasteiger partial charge on any atom is -0.338 e. The van der Waals surface area contributed by atoms with Gasteiger partial charge in [0.05, 0.1) is 16.4 Å². The molecule has 94 valence electrons. The molecular formula is C16H14N2S. The zero-order valence-corrected chi connectivity index (χ0v) is 11.4. The molecule has 2 aromatic carbocycles. The van der Waals surface area contributed by atoms with Crippen LogP contribution in [0.3, 0.4) is 0 Å². The van der Waals surface area contributed by atoms with Gasteiger partial charge in [0.1, 0.15) is 0 Å². The number of allylic oxidation sites excluding steroid dienone is 1. The summed E-state index contributed by atoms with van der Waals surface area (Å²) in [7, 11) is 2.04. The van der Waals surface area contributed by atoms with Gasteiger partial charge in [-0.3, -0.25) is 0 Å². The number of benzene rings is 2. The predicted octanol–water partition coefficient (Wildman–Crippen LogP) is 4.14. The summed E-state index contributed by atoms with van der Waals surface area (Å²) >= 11 is 1.71. The van der Waals surface area contributed by atoms with Crippen LogP contribution in [-0.2, 0) is 0 Å². The molecular weight excluding hydrogens is 252 g/mol. The van der Waals surface area contributed by atoms with E-state index in [1.165, 1.54) is 10.6 Å². The van der Waals surface area contributed by atoms with Crippen LogP contribution in [0.25, 0.3) is 0 Å². The van der Waals surface area contributed by atoms with E-state index in [2.05, 4.69) is 17.0 Å². The summed E-state index contributed by atoms with van der Waals surface area (Å²) < 4.78 is 0. The molecule has 0 spiro atoms. The van der Waals surface area contributed by atoms with E-state index in [1.54, 1.807) is 11.8 Å². The Morgan fingerprint density at radius 2 is 1.74 bits per heavy atom. The molecule has 0 amide bonds. The lowest BCUT2D eigenvalue weighted by Crippen LogP contribution is -2.11. The van der Waals surface area contributed by atoms with E-state index in [9.17, 15) is 0 Å². The maximum absolute atomic E-state index is 8.18. The Bertz CT molecular complexity index is 647. The molecule has 1 aliphatic rings. The van der Waals surface area contributed by atoms with E-state index in [-0.39, 0.29) is 0 Å². The smallest absolute Gasteiger partial charge is 0.0820 e. The van der Waals surface area contributed by atoms with E-state index in [0.717, 1.165) is 10.6 Å². The van der Waals surface area contributed by atoms with Gasteiger partial charge in [-0.25, -0.2) is 0 Å². The number of thioether (sulfide) groups is 1. The van der Waals surface area contributed by atoms with Gasteiger partial charge in [-0.1, -0.05) is 54.2 Å². The van der Waals surface area contributed by atoms with Crippen LogP contribution in [0.2, 0.25) is 0 Å². The average molecular weight is 266 g/mol. The van der Waals surface area contributed by atoms with Gasteiger partial charge in [0, 0.05) is 11.9 Å². The highest BCUT2D eigenvalue weighted by atomic mass is 32.2. The normalized spacial score (nSPS) is 15.6. The van der Waals surface area contributed by atoms with Gasteiger partial charge in [-0.05, 0) is 23.8 Å².